The lowest BCUT2D eigenvalue weighted by Crippen LogP contribution is -2.51. The van der Waals surface area contributed by atoms with Gasteiger partial charge in [0.05, 0.1) is 13.0 Å². The maximum atomic E-state index is 12.5. The standard InChI is InChI=1S/C45H75NO5/c1-33(2)16-14-17-34(3)40-23-24-41-39-22-21-36-32-38(25-27-44(36,5)42(39)26-28-45(40,41)6)50-31-12-9-10-18-37(19-11-13-30-49-35(4)47)51-43(48)20-15-29-46(7)8/h4,11,13,21,33-34,37-42H,9-10,12,14-20,22-32H2,1-3,5-8H3/b13-11-/t34-,37?,38+,39?,40-,41?,42?,44+,45-/m1/s1. The van der Waals surface area contributed by atoms with Crippen LogP contribution in [0, 0.1) is 53.3 Å². The lowest BCUT2D eigenvalue weighted by molar-refractivity contribution is -0.149. The highest BCUT2D eigenvalue weighted by Gasteiger charge is 2.59. The fourth-order valence-electron chi connectivity index (χ4n) is 11.2. The summed E-state index contributed by atoms with van der Waals surface area (Å²) >= 11 is 0. The van der Waals surface area contributed by atoms with Crippen LogP contribution in [-0.4, -0.2) is 62.9 Å². The Labute approximate surface area is 313 Å². The van der Waals surface area contributed by atoms with Gasteiger partial charge in [-0.15, -0.1) is 0 Å². The van der Waals surface area contributed by atoms with Crippen LogP contribution in [-0.2, 0) is 23.8 Å². The minimum Gasteiger partial charge on any atom is -0.462 e. The number of fused-ring (bicyclic) bond motifs is 5. The summed E-state index contributed by atoms with van der Waals surface area (Å²) in [6.07, 6.45) is 27.1. The van der Waals surface area contributed by atoms with E-state index in [0.29, 0.717) is 29.8 Å². The van der Waals surface area contributed by atoms with E-state index in [1.807, 2.05) is 20.2 Å². The van der Waals surface area contributed by atoms with E-state index < -0.39 is 5.97 Å². The maximum absolute atomic E-state index is 12.5. The van der Waals surface area contributed by atoms with Gasteiger partial charge in [0, 0.05) is 19.4 Å². The van der Waals surface area contributed by atoms with E-state index in [2.05, 4.69) is 45.6 Å². The second kappa shape index (κ2) is 20.1. The van der Waals surface area contributed by atoms with E-state index in [1.54, 1.807) is 11.6 Å². The molecule has 290 valence electrons. The maximum Gasteiger partial charge on any atom is 0.311 e. The molecule has 4 aliphatic carbocycles. The van der Waals surface area contributed by atoms with Crippen molar-refractivity contribution in [3.05, 3.63) is 30.7 Å². The Morgan fingerprint density at radius 2 is 1.75 bits per heavy atom. The van der Waals surface area contributed by atoms with E-state index in [4.69, 9.17) is 21.1 Å². The Balaban J connectivity index is 1.20. The van der Waals surface area contributed by atoms with Crippen molar-refractivity contribution in [2.45, 2.75) is 162 Å². The summed E-state index contributed by atoms with van der Waals surface area (Å²) in [5.74, 6) is 4.33. The largest absolute Gasteiger partial charge is 0.462 e. The van der Waals surface area contributed by atoms with Crippen molar-refractivity contribution in [3.63, 3.8) is 0 Å². The van der Waals surface area contributed by atoms with Crippen molar-refractivity contribution >= 4 is 11.9 Å². The molecule has 0 aromatic heterocycles. The smallest absolute Gasteiger partial charge is 0.311 e. The molecule has 2 radical (unpaired) electrons. The molecule has 0 aliphatic heterocycles. The molecule has 4 unspecified atom stereocenters. The molecule has 0 saturated heterocycles. The molecule has 9 atom stereocenters. The first kappa shape index (κ1) is 42.1. The lowest BCUT2D eigenvalue weighted by atomic mass is 9.47. The zero-order valence-corrected chi connectivity index (χ0v) is 33.8. The molecule has 6 nitrogen and oxygen atoms in total. The topological polar surface area (TPSA) is 65.1 Å². The summed E-state index contributed by atoms with van der Waals surface area (Å²) in [5.41, 5.74) is 2.63. The minimum absolute atomic E-state index is 0.132. The molecular formula is C45H75NO5. The van der Waals surface area contributed by atoms with Gasteiger partial charge in [0.25, 0.3) is 0 Å². The average molecular weight is 710 g/mol. The molecule has 0 bridgehead atoms. The molecule has 0 spiro atoms. The van der Waals surface area contributed by atoms with Gasteiger partial charge in [-0.25, -0.2) is 0 Å². The molecule has 4 aliphatic rings. The van der Waals surface area contributed by atoms with Crippen LogP contribution in [0.5, 0.6) is 0 Å². The average Bonchev–Trinajstić information content (AvgIpc) is 3.42. The van der Waals surface area contributed by atoms with Gasteiger partial charge in [0.15, 0.2) is 0 Å². The van der Waals surface area contributed by atoms with Crippen molar-refractivity contribution in [3.8, 4) is 0 Å². The number of ether oxygens (including phenoxy) is 3. The van der Waals surface area contributed by atoms with Crippen LogP contribution in [0.15, 0.2) is 23.8 Å². The van der Waals surface area contributed by atoms with Gasteiger partial charge in [-0.3, -0.25) is 9.59 Å². The predicted molar refractivity (Wildman–Crippen MR) is 208 cm³/mol. The third-order valence-electron chi connectivity index (χ3n) is 14.0. The van der Waals surface area contributed by atoms with Crippen molar-refractivity contribution in [1.82, 2.24) is 4.90 Å². The van der Waals surface area contributed by atoms with Gasteiger partial charge >= 0.3 is 11.9 Å². The minimum atomic E-state index is -0.788. The zero-order chi connectivity index (χ0) is 37.0. The number of allylic oxidation sites excluding steroid dienone is 1. The van der Waals surface area contributed by atoms with Crippen LogP contribution in [0.1, 0.15) is 150 Å². The van der Waals surface area contributed by atoms with Crippen molar-refractivity contribution in [2.75, 3.05) is 33.9 Å². The fraction of sp³-hybridized carbons (Fsp3) is 0.844. The quantitative estimate of drug-likeness (QED) is 0.0672. The first-order valence-corrected chi connectivity index (χ1v) is 21.1. The van der Waals surface area contributed by atoms with Crippen LogP contribution in [0.25, 0.3) is 0 Å². The number of carbonyl (C=O) groups is 2. The Kier molecular flexibility index (Phi) is 16.6. The van der Waals surface area contributed by atoms with Gasteiger partial charge in [-0.2, -0.15) is 0 Å². The van der Waals surface area contributed by atoms with Crippen LogP contribution in [0.4, 0.5) is 0 Å². The molecule has 3 fully saturated rings. The highest BCUT2D eigenvalue weighted by atomic mass is 16.5. The Bertz CT molecular complexity index is 1150. The fourth-order valence-corrected chi connectivity index (χ4v) is 11.2. The number of hydrogen-bond acceptors (Lipinski definition) is 6. The molecule has 0 aromatic carbocycles. The number of hydrogen-bond donors (Lipinski definition) is 0. The summed E-state index contributed by atoms with van der Waals surface area (Å²) in [6.45, 7) is 19.5. The van der Waals surface area contributed by atoms with Gasteiger partial charge in [-0.1, -0.05) is 84.1 Å². The molecule has 51 heavy (non-hydrogen) atoms. The molecule has 4 rings (SSSR count). The van der Waals surface area contributed by atoms with E-state index in [9.17, 15) is 9.59 Å². The van der Waals surface area contributed by atoms with Crippen molar-refractivity contribution in [2.24, 2.45) is 46.3 Å². The van der Waals surface area contributed by atoms with Crippen LogP contribution in [0.2, 0.25) is 0 Å². The van der Waals surface area contributed by atoms with E-state index in [0.717, 1.165) is 87.2 Å². The second-order valence-corrected chi connectivity index (χ2v) is 18.2. The summed E-state index contributed by atoms with van der Waals surface area (Å²) in [5, 5.41) is 0. The SMILES string of the molecule is [CH]C(=O)OC/C=C\CC(CCCCCO[C@H]1CC[C@@]2(C)C(=CCC3C2CC[C@@]2(C)C3CC[C@@H]2[C@H](C)CCCC(C)C)C1)OC(=O)CCCN(C)C. The highest BCUT2D eigenvalue weighted by Crippen LogP contribution is 2.67. The monoisotopic (exact) mass is 710 g/mol. The van der Waals surface area contributed by atoms with Crippen molar-refractivity contribution < 1.29 is 23.8 Å². The molecule has 0 amide bonds. The van der Waals surface area contributed by atoms with E-state index in [-0.39, 0.29) is 18.7 Å². The molecule has 6 heteroatoms. The number of esters is 2. The zero-order valence-electron chi connectivity index (χ0n) is 33.8. The number of rotatable bonds is 21. The second-order valence-electron chi connectivity index (χ2n) is 18.2. The Hall–Kier alpha value is -1.66. The summed E-state index contributed by atoms with van der Waals surface area (Å²) in [6, 6.07) is 0. The van der Waals surface area contributed by atoms with E-state index in [1.165, 1.54) is 64.2 Å². The molecule has 3 saturated carbocycles. The third kappa shape index (κ3) is 11.9. The first-order chi connectivity index (χ1) is 24.3. The number of carbonyl (C=O) groups excluding carboxylic acids is 2. The Morgan fingerprint density at radius 1 is 0.941 bits per heavy atom. The van der Waals surface area contributed by atoms with Crippen LogP contribution in [0.3, 0.4) is 0 Å². The van der Waals surface area contributed by atoms with E-state index >= 15 is 0 Å². The lowest BCUT2D eigenvalue weighted by Gasteiger charge is -2.58. The van der Waals surface area contributed by atoms with Crippen LogP contribution >= 0.6 is 0 Å². The summed E-state index contributed by atoms with van der Waals surface area (Å²) in [4.78, 5) is 25.4. The predicted octanol–water partition coefficient (Wildman–Crippen LogP) is 10.4. The number of unbranched alkanes of at least 4 members (excludes halogenated alkanes) is 2. The molecule has 0 heterocycles. The summed E-state index contributed by atoms with van der Waals surface area (Å²) in [7, 11) is 4.02. The Morgan fingerprint density at radius 3 is 2.49 bits per heavy atom. The summed E-state index contributed by atoms with van der Waals surface area (Å²) < 4.78 is 17.2. The molecule has 0 aromatic rings. The van der Waals surface area contributed by atoms with Gasteiger partial charge < -0.3 is 19.1 Å². The first-order valence-electron chi connectivity index (χ1n) is 21.1. The van der Waals surface area contributed by atoms with Gasteiger partial charge in [-0.05, 0) is 144 Å². The third-order valence-corrected chi connectivity index (χ3v) is 14.0. The van der Waals surface area contributed by atoms with Crippen molar-refractivity contribution in [1.29, 1.82) is 0 Å². The highest BCUT2D eigenvalue weighted by molar-refractivity contribution is 5.73. The molecule has 0 N–H and O–H groups in total. The molecular weight excluding hydrogens is 634 g/mol. The normalized spacial score (nSPS) is 31.6. The van der Waals surface area contributed by atoms with Crippen LogP contribution < -0.4 is 0 Å². The van der Waals surface area contributed by atoms with Gasteiger partial charge in [0.2, 0.25) is 0 Å². The van der Waals surface area contributed by atoms with Gasteiger partial charge in [0.1, 0.15) is 12.7 Å². The number of nitrogens with zero attached hydrogens (tertiary/aromatic N) is 1.